The maximum atomic E-state index is 3.77. The van der Waals surface area contributed by atoms with Crippen LogP contribution in [0.2, 0.25) is 0 Å². The fourth-order valence-electron chi connectivity index (χ4n) is 4.61. The molecule has 2 heteroatoms. The molecule has 0 aromatic carbocycles. The maximum Gasteiger partial charge on any atom is 0.0251 e. The minimum absolute atomic E-state index is 0.580. The number of nitrogens with zero attached hydrogens (tertiary/aromatic N) is 1. The van der Waals surface area contributed by atoms with Gasteiger partial charge in [0.1, 0.15) is 0 Å². The fraction of sp³-hybridized carbons (Fsp3) is 1.00. The van der Waals surface area contributed by atoms with Gasteiger partial charge in [-0.3, -0.25) is 4.90 Å². The zero-order valence-electron chi connectivity index (χ0n) is 15.1. The van der Waals surface area contributed by atoms with Crippen LogP contribution < -0.4 is 5.32 Å². The van der Waals surface area contributed by atoms with Crippen LogP contribution in [0, 0.1) is 11.3 Å². The molecule has 2 aliphatic carbocycles. The Balaban J connectivity index is 1.98. The first-order valence-electron chi connectivity index (χ1n) is 9.42. The first-order chi connectivity index (χ1) is 9.96. The summed E-state index contributed by atoms with van der Waals surface area (Å²) in [7, 11) is 2.41. The molecule has 2 aliphatic rings. The molecule has 21 heavy (non-hydrogen) atoms. The van der Waals surface area contributed by atoms with E-state index in [4.69, 9.17) is 0 Å². The molecular weight excluding hydrogens is 256 g/mol. The molecule has 2 fully saturated rings. The summed E-state index contributed by atoms with van der Waals surface area (Å²) >= 11 is 0. The van der Waals surface area contributed by atoms with E-state index in [2.05, 4.69) is 45.0 Å². The van der Waals surface area contributed by atoms with Crippen molar-refractivity contribution in [1.29, 1.82) is 0 Å². The molecule has 0 amide bonds. The predicted molar refractivity (Wildman–Crippen MR) is 92.7 cm³/mol. The number of nitrogens with one attached hydrogen (secondary N) is 1. The van der Waals surface area contributed by atoms with Gasteiger partial charge in [-0.25, -0.2) is 0 Å². The summed E-state index contributed by atoms with van der Waals surface area (Å²) < 4.78 is 0. The molecule has 1 N–H and O–H groups in total. The molecule has 2 saturated carbocycles. The van der Waals surface area contributed by atoms with Crippen molar-refractivity contribution in [2.24, 2.45) is 11.3 Å². The summed E-state index contributed by atoms with van der Waals surface area (Å²) in [5, 5.41) is 3.77. The second-order valence-corrected chi connectivity index (χ2v) is 8.38. The van der Waals surface area contributed by atoms with Crippen LogP contribution in [0.4, 0.5) is 0 Å². The number of hydrogen-bond acceptors (Lipinski definition) is 2. The summed E-state index contributed by atoms with van der Waals surface area (Å²) in [5.41, 5.74) is 0.580. The van der Waals surface area contributed by atoms with Crippen LogP contribution in [-0.2, 0) is 0 Å². The normalized spacial score (nSPS) is 34.3. The van der Waals surface area contributed by atoms with Crippen LogP contribution in [-0.4, -0.2) is 36.6 Å². The molecule has 3 unspecified atom stereocenters. The van der Waals surface area contributed by atoms with Crippen molar-refractivity contribution in [3.8, 4) is 0 Å². The molecule has 0 bridgehead atoms. The molecular formula is C19H38N2. The Morgan fingerprint density at radius 3 is 2.29 bits per heavy atom. The third-order valence-corrected chi connectivity index (χ3v) is 6.38. The van der Waals surface area contributed by atoms with Crippen molar-refractivity contribution in [3.63, 3.8) is 0 Å². The van der Waals surface area contributed by atoms with Crippen molar-refractivity contribution in [2.45, 2.75) is 97.2 Å². The Kier molecular flexibility index (Phi) is 6.14. The molecule has 0 aromatic heterocycles. The van der Waals surface area contributed by atoms with Crippen LogP contribution in [0.25, 0.3) is 0 Å². The van der Waals surface area contributed by atoms with E-state index in [0.717, 1.165) is 30.6 Å². The SMILES string of the molecule is CCNC1CCC(CC)CC1N(C)C1CCC(C)(C)CC1. The Labute approximate surface area is 133 Å². The van der Waals surface area contributed by atoms with E-state index in [0.29, 0.717) is 5.41 Å². The average molecular weight is 295 g/mol. The highest BCUT2D eigenvalue weighted by molar-refractivity contribution is 4.93. The van der Waals surface area contributed by atoms with E-state index in [1.807, 2.05) is 0 Å². The highest BCUT2D eigenvalue weighted by atomic mass is 15.2. The van der Waals surface area contributed by atoms with Gasteiger partial charge < -0.3 is 5.32 Å². The molecule has 0 aliphatic heterocycles. The van der Waals surface area contributed by atoms with E-state index < -0.39 is 0 Å². The van der Waals surface area contributed by atoms with Gasteiger partial charge in [0.05, 0.1) is 0 Å². The molecule has 0 radical (unpaired) electrons. The van der Waals surface area contributed by atoms with Crippen molar-refractivity contribution in [3.05, 3.63) is 0 Å². The molecule has 3 atom stereocenters. The lowest BCUT2D eigenvalue weighted by Crippen LogP contribution is -2.55. The monoisotopic (exact) mass is 294 g/mol. The van der Waals surface area contributed by atoms with E-state index >= 15 is 0 Å². The predicted octanol–water partition coefficient (Wildman–Crippen LogP) is 4.44. The highest BCUT2D eigenvalue weighted by Gasteiger charge is 2.37. The fourth-order valence-corrected chi connectivity index (χ4v) is 4.61. The lowest BCUT2D eigenvalue weighted by atomic mass is 9.74. The lowest BCUT2D eigenvalue weighted by Gasteiger charge is -2.47. The van der Waals surface area contributed by atoms with Crippen LogP contribution in [0.15, 0.2) is 0 Å². The third-order valence-electron chi connectivity index (χ3n) is 6.38. The van der Waals surface area contributed by atoms with E-state index in [-0.39, 0.29) is 0 Å². The second kappa shape index (κ2) is 7.46. The molecule has 124 valence electrons. The Morgan fingerprint density at radius 1 is 1.05 bits per heavy atom. The Hall–Kier alpha value is -0.0800. The molecule has 0 heterocycles. The third kappa shape index (κ3) is 4.45. The van der Waals surface area contributed by atoms with Crippen molar-refractivity contribution in [2.75, 3.05) is 13.6 Å². The summed E-state index contributed by atoms with van der Waals surface area (Å²) in [4.78, 5) is 2.77. The van der Waals surface area contributed by atoms with Gasteiger partial charge in [-0.1, -0.05) is 34.1 Å². The second-order valence-electron chi connectivity index (χ2n) is 8.38. The van der Waals surface area contributed by atoms with Crippen LogP contribution >= 0.6 is 0 Å². The van der Waals surface area contributed by atoms with Crippen molar-refractivity contribution >= 4 is 0 Å². The largest absolute Gasteiger partial charge is 0.313 e. The maximum absolute atomic E-state index is 3.77. The Morgan fingerprint density at radius 2 is 1.71 bits per heavy atom. The van der Waals surface area contributed by atoms with Gasteiger partial charge in [-0.05, 0) is 69.9 Å². The summed E-state index contributed by atoms with van der Waals surface area (Å²) in [6.07, 6.45) is 11.2. The number of hydrogen-bond donors (Lipinski definition) is 1. The zero-order chi connectivity index (χ0) is 15.5. The first-order valence-corrected chi connectivity index (χ1v) is 9.42. The topological polar surface area (TPSA) is 15.3 Å². The van der Waals surface area contributed by atoms with E-state index in [1.165, 1.54) is 51.4 Å². The van der Waals surface area contributed by atoms with Crippen LogP contribution in [0.5, 0.6) is 0 Å². The van der Waals surface area contributed by atoms with Crippen molar-refractivity contribution in [1.82, 2.24) is 10.2 Å². The highest BCUT2D eigenvalue weighted by Crippen LogP contribution is 2.39. The van der Waals surface area contributed by atoms with E-state index in [9.17, 15) is 0 Å². The van der Waals surface area contributed by atoms with Crippen molar-refractivity contribution < 1.29 is 0 Å². The minimum Gasteiger partial charge on any atom is -0.313 e. The standard InChI is InChI=1S/C19H38N2/c1-6-15-8-9-17(20-7-2)18(14-15)21(5)16-10-12-19(3,4)13-11-16/h15-18,20H,6-14H2,1-5H3. The number of likely N-dealkylation sites (N-methyl/N-ethyl adjacent to an activating group) is 2. The summed E-state index contributed by atoms with van der Waals surface area (Å²) in [6, 6.07) is 2.30. The van der Waals surface area contributed by atoms with Crippen LogP contribution in [0.1, 0.15) is 79.1 Å². The van der Waals surface area contributed by atoms with E-state index in [1.54, 1.807) is 0 Å². The van der Waals surface area contributed by atoms with Gasteiger partial charge in [-0.15, -0.1) is 0 Å². The first kappa shape index (κ1) is 17.3. The average Bonchev–Trinajstić information content (AvgIpc) is 2.47. The summed E-state index contributed by atoms with van der Waals surface area (Å²) in [5.74, 6) is 0.951. The molecule has 2 nitrogen and oxygen atoms in total. The molecule has 0 saturated heterocycles. The smallest absolute Gasteiger partial charge is 0.0251 e. The van der Waals surface area contributed by atoms with Gasteiger partial charge in [0.2, 0.25) is 0 Å². The minimum atomic E-state index is 0.580. The summed E-state index contributed by atoms with van der Waals surface area (Å²) in [6.45, 7) is 10.6. The van der Waals surface area contributed by atoms with Gasteiger partial charge in [0.15, 0.2) is 0 Å². The van der Waals surface area contributed by atoms with Gasteiger partial charge >= 0.3 is 0 Å². The molecule has 0 spiro atoms. The van der Waals surface area contributed by atoms with Gasteiger partial charge in [-0.2, -0.15) is 0 Å². The van der Waals surface area contributed by atoms with Gasteiger partial charge in [0, 0.05) is 18.1 Å². The molecule has 2 rings (SSSR count). The van der Waals surface area contributed by atoms with Gasteiger partial charge in [0.25, 0.3) is 0 Å². The molecule has 0 aromatic rings. The Bertz CT molecular complexity index is 303. The zero-order valence-corrected chi connectivity index (χ0v) is 15.1. The lowest BCUT2D eigenvalue weighted by molar-refractivity contribution is 0.0476. The quantitative estimate of drug-likeness (QED) is 0.806. The van der Waals surface area contributed by atoms with Crippen LogP contribution in [0.3, 0.4) is 0 Å². The number of rotatable bonds is 5.